The Bertz CT molecular complexity index is 4310. The highest BCUT2D eigenvalue weighted by molar-refractivity contribution is 6.26. The minimum Gasteiger partial charge on any atom is -0.455 e. The van der Waals surface area contributed by atoms with E-state index in [4.69, 9.17) is 4.42 Å². The molecule has 1 spiro atoms. The summed E-state index contributed by atoms with van der Waals surface area (Å²) in [6.45, 7) is 9.46. The van der Waals surface area contributed by atoms with Crippen molar-refractivity contribution < 1.29 is 4.42 Å². The first-order chi connectivity index (χ1) is 34.2. The van der Waals surface area contributed by atoms with E-state index in [9.17, 15) is 0 Å². The zero-order valence-corrected chi connectivity index (χ0v) is 39.5. The summed E-state index contributed by atoms with van der Waals surface area (Å²) in [6, 6.07) is 78.6. The molecule has 0 amide bonds. The van der Waals surface area contributed by atoms with Gasteiger partial charge in [-0.2, -0.15) is 0 Å². The van der Waals surface area contributed by atoms with E-state index < -0.39 is 5.41 Å². The molecule has 0 N–H and O–H groups in total. The molecule has 0 bridgehead atoms. The molecule has 16 rings (SSSR count). The molecule has 1 nitrogen and oxygen atoms in total. The lowest BCUT2D eigenvalue weighted by molar-refractivity contribution is 0.660. The topological polar surface area (TPSA) is 13.1 Å². The molecule has 0 saturated heterocycles. The van der Waals surface area contributed by atoms with Gasteiger partial charge in [-0.25, -0.2) is 0 Å². The van der Waals surface area contributed by atoms with Crippen LogP contribution in [0.4, 0.5) is 0 Å². The molecule has 1 heterocycles. The second kappa shape index (κ2) is 13.1. The SMILES string of the molecule is CC1(C)c2ccccc2-c2cc(-c3ccc4c5c(c6ccccc6c4c3)-c3c(cc(-c4ccc6c(c4)-c4ccccc4C6(C)C)c4c3oc3ccccc34)C53c4ccccc4-c4ccccc43)ccc21. The van der Waals surface area contributed by atoms with Crippen LogP contribution in [-0.2, 0) is 16.2 Å². The minimum atomic E-state index is -0.641. The molecule has 0 saturated carbocycles. The van der Waals surface area contributed by atoms with Gasteiger partial charge in [0, 0.05) is 27.2 Å². The molecule has 328 valence electrons. The molecule has 0 aliphatic heterocycles. The summed E-state index contributed by atoms with van der Waals surface area (Å²) in [5.74, 6) is 0. The fraction of sp³-hybridized carbons (Fsp3) is 0.101. The van der Waals surface area contributed by atoms with Crippen molar-refractivity contribution in [1.29, 1.82) is 0 Å². The number of benzene rings is 11. The van der Waals surface area contributed by atoms with E-state index in [1.54, 1.807) is 0 Å². The van der Waals surface area contributed by atoms with E-state index in [2.05, 4.69) is 234 Å². The Morgan fingerprint density at radius 1 is 0.300 bits per heavy atom. The monoisotopic (exact) mass is 890 g/mol. The molecule has 0 radical (unpaired) electrons. The van der Waals surface area contributed by atoms with E-state index in [-0.39, 0.29) is 10.8 Å². The van der Waals surface area contributed by atoms with Crippen molar-refractivity contribution in [2.45, 2.75) is 43.9 Å². The van der Waals surface area contributed by atoms with E-state index in [0.29, 0.717) is 0 Å². The molecule has 4 aliphatic rings. The van der Waals surface area contributed by atoms with Crippen molar-refractivity contribution in [1.82, 2.24) is 0 Å². The normalized spacial score (nSPS) is 15.5. The molecular weight excluding hydrogens is 845 g/mol. The van der Waals surface area contributed by atoms with Gasteiger partial charge in [0.25, 0.3) is 0 Å². The Kier molecular flexibility index (Phi) is 7.23. The lowest BCUT2D eigenvalue weighted by Crippen LogP contribution is -2.26. The fourth-order valence-electron chi connectivity index (χ4n) is 14.4. The standard InChI is InChI=1S/C69H46O/c1-67(2)54-24-12-7-20-45(54)52-36-40(30-33-56(52)67)39-29-32-48-51(35-39)42-17-5-6-22-47(42)63-64-60(69(65(48)63)58-26-14-9-18-43(58)44-19-10-15-27-59(44)69)38-50(62-49-23-11-16-28-61(49)70-66(62)64)41-31-34-57-53(37-41)46-21-8-13-25-55(46)68(57,3)4/h5-38H,1-4H3. The molecule has 4 aliphatic carbocycles. The van der Waals surface area contributed by atoms with E-state index in [0.717, 1.165) is 16.6 Å². The molecular formula is C69H46O. The summed E-state index contributed by atoms with van der Waals surface area (Å²) < 4.78 is 7.39. The van der Waals surface area contributed by atoms with Gasteiger partial charge in [0.15, 0.2) is 0 Å². The van der Waals surface area contributed by atoms with Gasteiger partial charge in [-0.1, -0.05) is 204 Å². The van der Waals surface area contributed by atoms with Crippen LogP contribution in [0.3, 0.4) is 0 Å². The maximum atomic E-state index is 7.39. The molecule has 0 unspecified atom stereocenters. The highest BCUT2D eigenvalue weighted by Crippen LogP contribution is 2.68. The average Bonchev–Trinajstić information content (AvgIpc) is 4.15. The molecule has 12 aromatic rings. The van der Waals surface area contributed by atoms with Crippen LogP contribution in [0.2, 0.25) is 0 Å². The largest absolute Gasteiger partial charge is 0.455 e. The predicted octanol–water partition coefficient (Wildman–Crippen LogP) is 18.2. The third-order valence-corrected chi connectivity index (χ3v) is 17.5. The van der Waals surface area contributed by atoms with Gasteiger partial charge in [0.1, 0.15) is 11.2 Å². The first-order valence-electron chi connectivity index (χ1n) is 24.9. The number of furan rings is 1. The van der Waals surface area contributed by atoms with Crippen LogP contribution in [0, 0.1) is 0 Å². The van der Waals surface area contributed by atoms with Crippen molar-refractivity contribution in [3.8, 4) is 66.8 Å². The van der Waals surface area contributed by atoms with E-state index >= 15 is 0 Å². The summed E-state index contributed by atoms with van der Waals surface area (Å²) in [6.07, 6.45) is 0. The van der Waals surface area contributed by atoms with Crippen molar-refractivity contribution >= 4 is 43.5 Å². The third-order valence-electron chi connectivity index (χ3n) is 17.5. The summed E-state index contributed by atoms with van der Waals surface area (Å²) in [7, 11) is 0. The van der Waals surface area contributed by atoms with Gasteiger partial charge in [0.2, 0.25) is 0 Å². The Hall–Kier alpha value is -8.26. The number of hydrogen-bond acceptors (Lipinski definition) is 1. The zero-order valence-electron chi connectivity index (χ0n) is 39.5. The van der Waals surface area contributed by atoms with Gasteiger partial charge in [0.05, 0.1) is 5.41 Å². The maximum Gasteiger partial charge on any atom is 0.144 e. The summed E-state index contributed by atoms with van der Waals surface area (Å²) >= 11 is 0. The average molecular weight is 891 g/mol. The van der Waals surface area contributed by atoms with Crippen LogP contribution in [-0.4, -0.2) is 0 Å². The molecule has 1 aromatic heterocycles. The summed E-state index contributed by atoms with van der Waals surface area (Å²) in [5.41, 5.74) is 27.2. The quantitative estimate of drug-likeness (QED) is 0.158. The van der Waals surface area contributed by atoms with Gasteiger partial charge in [-0.15, -0.1) is 0 Å². The van der Waals surface area contributed by atoms with Gasteiger partial charge in [-0.05, 0) is 158 Å². The third kappa shape index (κ3) is 4.55. The predicted molar refractivity (Wildman–Crippen MR) is 291 cm³/mol. The highest BCUT2D eigenvalue weighted by Gasteiger charge is 2.54. The smallest absolute Gasteiger partial charge is 0.144 e. The van der Waals surface area contributed by atoms with Crippen LogP contribution in [0.15, 0.2) is 211 Å². The zero-order chi connectivity index (χ0) is 46.4. The molecule has 1 heteroatoms. The van der Waals surface area contributed by atoms with Crippen LogP contribution >= 0.6 is 0 Å². The van der Waals surface area contributed by atoms with Crippen molar-refractivity contribution in [3.05, 3.63) is 251 Å². The number of para-hydroxylation sites is 1. The van der Waals surface area contributed by atoms with Crippen LogP contribution in [0.5, 0.6) is 0 Å². The van der Waals surface area contributed by atoms with E-state index in [1.807, 2.05) is 0 Å². The number of fused-ring (bicyclic) bond motifs is 25. The Balaban J connectivity index is 1.04. The lowest BCUT2D eigenvalue weighted by atomic mass is 9.68. The second-order valence-electron chi connectivity index (χ2n) is 21.4. The molecule has 0 fully saturated rings. The first-order valence-corrected chi connectivity index (χ1v) is 24.9. The second-order valence-corrected chi connectivity index (χ2v) is 21.4. The van der Waals surface area contributed by atoms with Crippen molar-refractivity contribution in [2.75, 3.05) is 0 Å². The van der Waals surface area contributed by atoms with E-state index in [1.165, 1.54) is 138 Å². The highest BCUT2D eigenvalue weighted by atomic mass is 16.3. The van der Waals surface area contributed by atoms with Crippen molar-refractivity contribution in [3.63, 3.8) is 0 Å². The van der Waals surface area contributed by atoms with Crippen LogP contribution < -0.4 is 0 Å². The van der Waals surface area contributed by atoms with Crippen LogP contribution in [0.1, 0.15) is 72.2 Å². The minimum absolute atomic E-state index is 0.0458. The Morgan fingerprint density at radius 3 is 1.41 bits per heavy atom. The van der Waals surface area contributed by atoms with Gasteiger partial charge >= 0.3 is 0 Å². The maximum absolute atomic E-state index is 7.39. The summed E-state index contributed by atoms with van der Waals surface area (Å²) in [4.78, 5) is 0. The Labute approximate surface area is 407 Å². The molecule has 70 heavy (non-hydrogen) atoms. The number of rotatable bonds is 2. The van der Waals surface area contributed by atoms with Crippen LogP contribution in [0.25, 0.3) is 110 Å². The first kappa shape index (κ1) is 38.7. The van der Waals surface area contributed by atoms with Crippen molar-refractivity contribution in [2.24, 2.45) is 0 Å². The van der Waals surface area contributed by atoms with Gasteiger partial charge < -0.3 is 4.42 Å². The van der Waals surface area contributed by atoms with Gasteiger partial charge in [-0.3, -0.25) is 0 Å². The molecule has 11 aromatic carbocycles. The fourth-order valence-corrected chi connectivity index (χ4v) is 14.4. The molecule has 0 atom stereocenters. The summed E-state index contributed by atoms with van der Waals surface area (Å²) in [5, 5.41) is 7.35. The lowest BCUT2D eigenvalue weighted by Gasteiger charge is -2.32. The Morgan fingerprint density at radius 2 is 0.771 bits per heavy atom. The number of hydrogen-bond donors (Lipinski definition) is 0.